The van der Waals surface area contributed by atoms with Crippen molar-refractivity contribution in [1.29, 1.82) is 0 Å². The van der Waals surface area contributed by atoms with Crippen LogP contribution in [0.5, 0.6) is 0 Å². The number of carbonyl (C=O) groups excluding carboxylic acids is 2. The lowest BCUT2D eigenvalue weighted by Gasteiger charge is -2.29. The first-order valence-electron chi connectivity index (χ1n) is 7.93. The van der Waals surface area contributed by atoms with Crippen molar-refractivity contribution in [1.82, 2.24) is 9.80 Å². The number of halogens is 1. The highest BCUT2D eigenvalue weighted by molar-refractivity contribution is 9.10. The monoisotopic (exact) mass is 396 g/mol. The molecule has 1 fully saturated rings. The predicted octanol–water partition coefficient (Wildman–Crippen LogP) is 2.38. The van der Waals surface area contributed by atoms with Crippen molar-refractivity contribution in [2.45, 2.75) is 32.2 Å². The van der Waals surface area contributed by atoms with E-state index >= 15 is 0 Å². The van der Waals surface area contributed by atoms with Crippen LogP contribution in [0.1, 0.15) is 36.5 Å². The van der Waals surface area contributed by atoms with Crippen molar-refractivity contribution in [3.05, 3.63) is 34.3 Å². The molecule has 130 valence electrons. The van der Waals surface area contributed by atoms with E-state index in [1.165, 1.54) is 11.8 Å². The zero-order valence-corrected chi connectivity index (χ0v) is 15.2. The van der Waals surface area contributed by atoms with Crippen LogP contribution < -0.4 is 0 Å². The molecule has 1 atom stereocenters. The van der Waals surface area contributed by atoms with Crippen LogP contribution in [0.4, 0.5) is 0 Å². The summed E-state index contributed by atoms with van der Waals surface area (Å²) in [6.45, 7) is 2.21. The van der Waals surface area contributed by atoms with Crippen molar-refractivity contribution in [3.8, 4) is 0 Å². The van der Waals surface area contributed by atoms with Gasteiger partial charge in [-0.1, -0.05) is 12.1 Å². The van der Waals surface area contributed by atoms with E-state index in [9.17, 15) is 14.4 Å². The molecule has 2 rings (SSSR count). The summed E-state index contributed by atoms with van der Waals surface area (Å²) >= 11 is 3.40. The molecule has 0 aliphatic carbocycles. The third kappa shape index (κ3) is 4.56. The van der Waals surface area contributed by atoms with Gasteiger partial charge in [0.15, 0.2) is 0 Å². The second-order valence-electron chi connectivity index (χ2n) is 5.90. The Labute approximate surface area is 149 Å². The zero-order valence-electron chi connectivity index (χ0n) is 13.6. The molecule has 1 aliphatic rings. The fourth-order valence-electron chi connectivity index (χ4n) is 3.04. The first-order valence-corrected chi connectivity index (χ1v) is 8.72. The molecule has 7 heteroatoms. The van der Waals surface area contributed by atoms with Gasteiger partial charge in [-0.05, 0) is 47.3 Å². The van der Waals surface area contributed by atoms with Gasteiger partial charge < -0.3 is 14.9 Å². The van der Waals surface area contributed by atoms with E-state index in [2.05, 4.69) is 15.9 Å². The topological polar surface area (TPSA) is 77.9 Å². The fourth-order valence-corrected chi connectivity index (χ4v) is 3.50. The molecule has 6 nitrogen and oxygen atoms in total. The summed E-state index contributed by atoms with van der Waals surface area (Å²) in [6.07, 6.45) is 2.03. The minimum atomic E-state index is -1.02. The minimum Gasteiger partial charge on any atom is -0.480 e. The Bertz CT molecular complexity index is 635. The predicted molar refractivity (Wildman–Crippen MR) is 92.7 cm³/mol. The fraction of sp³-hybridized carbons (Fsp3) is 0.471. The Morgan fingerprint density at radius 3 is 2.58 bits per heavy atom. The lowest BCUT2D eigenvalue weighted by atomic mass is 10.1. The number of carboxylic acid groups (broad SMARTS) is 1. The SMILES string of the molecule is CC(=O)N(CC(=O)O)C1CCCN(C(=O)c2ccccc2Br)CC1. The van der Waals surface area contributed by atoms with Crippen LogP contribution in [0.25, 0.3) is 0 Å². The van der Waals surface area contributed by atoms with E-state index in [1.807, 2.05) is 18.2 Å². The molecular weight excluding hydrogens is 376 g/mol. The molecule has 1 unspecified atom stereocenters. The van der Waals surface area contributed by atoms with Crippen molar-refractivity contribution in [2.24, 2.45) is 0 Å². The van der Waals surface area contributed by atoms with E-state index in [4.69, 9.17) is 5.11 Å². The van der Waals surface area contributed by atoms with Crippen LogP contribution in [-0.4, -0.2) is 58.4 Å². The molecule has 1 aliphatic heterocycles. The summed E-state index contributed by atoms with van der Waals surface area (Å²) in [5.74, 6) is -1.31. The van der Waals surface area contributed by atoms with Gasteiger partial charge in [0.25, 0.3) is 5.91 Å². The van der Waals surface area contributed by atoms with Gasteiger partial charge in [0.1, 0.15) is 6.54 Å². The Hall–Kier alpha value is -1.89. The summed E-state index contributed by atoms with van der Waals surface area (Å²) in [4.78, 5) is 38.6. The molecular formula is C17H21BrN2O4. The number of carbonyl (C=O) groups is 3. The van der Waals surface area contributed by atoms with E-state index in [-0.39, 0.29) is 24.4 Å². The number of nitrogens with zero attached hydrogens (tertiary/aromatic N) is 2. The largest absolute Gasteiger partial charge is 0.480 e. The van der Waals surface area contributed by atoms with Crippen molar-refractivity contribution in [2.75, 3.05) is 19.6 Å². The number of rotatable bonds is 4. The van der Waals surface area contributed by atoms with Gasteiger partial charge in [0.2, 0.25) is 5.91 Å². The number of carboxylic acids is 1. The molecule has 0 saturated carbocycles. The third-order valence-corrected chi connectivity index (χ3v) is 4.93. The van der Waals surface area contributed by atoms with Gasteiger partial charge >= 0.3 is 5.97 Å². The summed E-state index contributed by atoms with van der Waals surface area (Å²) < 4.78 is 0.757. The lowest BCUT2D eigenvalue weighted by molar-refractivity contribution is -0.145. The Kier molecular flexibility index (Phi) is 6.36. The number of likely N-dealkylation sites (tertiary alicyclic amines) is 1. The van der Waals surface area contributed by atoms with Crippen molar-refractivity contribution < 1.29 is 19.5 Å². The summed E-state index contributed by atoms with van der Waals surface area (Å²) in [7, 11) is 0. The van der Waals surface area contributed by atoms with Gasteiger partial charge in [-0.25, -0.2) is 0 Å². The standard InChI is InChI=1S/C17H21BrN2O4/c1-12(21)20(11-16(22)23)13-5-4-9-19(10-8-13)17(24)14-6-2-3-7-15(14)18/h2-3,6-7,13H,4-5,8-11H2,1H3,(H,22,23). The summed E-state index contributed by atoms with van der Waals surface area (Å²) in [5, 5.41) is 8.99. The maximum absolute atomic E-state index is 12.7. The molecule has 24 heavy (non-hydrogen) atoms. The Morgan fingerprint density at radius 1 is 1.25 bits per heavy atom. The highest BCUT2D eigenvalue weighted by Gasteiger charge is 2.28. The minimum absolute atomic E-state index is 0.0456. The number of aliphatic carboxylic acids is 1. The zero-order chi connectivity index (χ0) is 17.7. The number of hydrogen-bond donors (Lipinski definition) is 1. The van der Waals surface area contributed by atoms with Crippen molar-refractivity contribution >= 4 is 33.7 Å². The molecule has 0 spiro atoms. The summed E-state index contributed by atoms with van der Waals surface area (Å²) in [5.41, 5.74) is 0.616. The second kappa shape index (κ2) is 8.28. The quantitative estimate of drug-likeness (QED) is 0.847. The van der Waals surface area contributed by atoms with Crippen LogP contribution in [0.2, 0.25) is 0 Å². The molecule has 2 amide bonds. The Balaban J connectivity index is 2.07. The van der Waals surface area contributed by atoms with E-state index in [0.29, 0.717) is 31.5 Å². The van der Waals surface area contributed by atoms with Crippen LogP contribution in [0.15, 0.2) is 28.7 Å². The maximum Gasteiger partial charge on any atom is 0.323 e. The molecule has 0 bridgehead atoms. The van der Waals surface area contributed by atoms with Crippen LogP contribution >= 0.6 is 15.9 Å². The van der Waals surface area contributed by atoms with E-state index in [1.54, 1.807) is 11.0 Å². The van der Waals surface area contributed by atoms with Crippen LogP contribution in [0.3, 0.4) is 0 Å². The van der Waals surface area contributed by atoms with Gasteiger partial charge in [0, 0.05) is 30.5 Å². The number of benzene rings is 1. The molecule has 1 aromatic rings. The van der Waals surface area contributed by atoms with Gasteiger partial charge in [0.05, 0.1) is 5.56 Å². The van der Waals surface area contributed by atoms with E-state index in [0.717, 1.165) is 10.9 Å². The first kappa shape index (κ1) is 18.4. The van der Waals surface area contributed by atoms with Crippen LogP contribution in [0, 0.1) is 0 Å². The average Bonchev–Trinajstić information content (AvgIpc) is 2.78. The van der Waals surface area contributed by atoms with Gasteiger partial charge in [-0.3, -0.25) is 14.4 Å². The molecule has 0 aromatic heterocycles. The van der Waals surface area contributed by atoms with Gasteiger partial charge in [-0.2, -0.15) is 0 Å². The highest BCUT2D eigenvalue weighted by atomic mass is 79.9. The smallest absolute Gasteiger partial charge is 0.323 e. The molecule has 1 saturated heterocycles. The maximum atomic E-state index is 12.7. The molecule has 1 aromatic carbocycles. The van der Waals surface area contributed by atoms with Crippen molar-refractivity contribution in [3.63, 3.8) is 0 Å². The number of hydrogen-bond acceptors (Lipinski definition) is 3. The highest BCUT2D eigenvalue weighted by Crippen LogP contribution is 2.22. The summed E-state index contributed by atoms with van der Waals surface area (Å²) in [6, 6.07) is 7.15. The van der Waals surface area contributed by atoms with E-state index < -0.39 is 5.97 Å². The average molecular weight is 397 g/mol. The second-order valence-corrected chi connectivity index (χ2v) is 6.75. The Morgan fingerprint density at radius 2 is 1.96 bits per heavy atom. The molecule has 0 radical (unpaired) electrons. The molecule has 1 heterocycles. The molecule has 1 N–H and O–H groups in total. The normalized spacial score (nSPS) is 17.9. The van der Waals surface area contributed by atoms with Gasteiger partial charge in [-0.15, -0.1) is 0 Å². The van der Waals surface area contributed by atoms with Crippen LogP contribution in [-0.2, 0) is 9.59 Å². The first-order chi connectivity index (χ1) is 11.4. The lowest BCUT2D eigenvalue weighted by Crippen LogP contribution is -2.43. The number of amides is 2. The third-order valence-electron chi connectivity index (χ3n) is 4.24.